The van der Waals surface area contributed by atoms with Gasteiger partial charge >= 0.3 is 0 Å². The zero-order valence-corrected chi connectivity index (χ0v) is 10.0. The Balaban J connectivity index is 2.84. The first-order chi connectivity index (χ1) is 6.99. The molecule has 0 fully saturated rings. The summed E-state index contributed by atoms with van der Waals surface area (Å²) in [5.41, 5.74) is 6.68. The van der Waals surface area contributed by atoms with Gasteiger partial charge in [-0.15, -0.1) is 0 Å². The van der Waals surface area contributed by atoms with Gasteiger partial charge in [-0.05, 0) is 31.4 Å². The Kier molecular flexibility index (Phi) is 4.23. The maximum Gasteiger partial charge on any atom is 0.270 e. The van der Waals surface area contributed by atoms with Gasteiger partial charge in [-0.25, -0.2) is 0 Å². The summed E-state index contributed by atoms with van der Waals surface area (Å²) >= 11 is 3.25. The summed E-state index contributed by atoms with van der Waals surface area (Å²) in [6.07, 6.45) is 1.59. The summed E-state index contributed by atoms with van der Waals surface area (Å²) in [6, 6.07) is 5.08. The first-order valence-corrected chi connectivity index (χ1v) is 5.48. The number of nitro benzene ring substituents is 1. The molecule has 1 aromatic rings. The van der Waals surface area contributed by atoms with E-state index in [-0.39, 0.29) is 16.7 Å². The molecule has 0 heterocycles. The topological polar surface area (TPSA) is 69.2 Å². The van der Waals surface area contributed by atoms with Crippen LogP contribution in [0.4, 0.5) is 5.69 Å². The number of non-ortho nitro benzene ring substituents is 1. The SMILES string of the molecule is C[C@@H](N)CCc1cc(Br)cc([N+](=O)[O-])c1. The molecule has 0 saturated carbocycles. The largest absolute Gasteiger partial charge is 0.328 e. The predicted octanol–water partition coefficient (Wildman–Crippen LogP) is 2.64. The van der Waals surface area contributed by atoms with E-state index in [9.17, 15) is 10.1 Å². The minimum Gasteiger partial charge on any atom is -0.328 e. The molecule has 0 aliphatic heterocycles. The van der Waals surface area contributed by atoms with Crippen molar-refractivity contribution in [1.82, 2.24) is 0 Å². The van der Waals surface area contributed by atoms with Crippen molar-refractivity contribution in [3.63, 3.8) is 0 Å². The molecule has 15 heavy (non-hydrogen) atoms. The third-order valence-corrected chi connectivity index (χ3v) is 2.50. The molecule has 0 aliphatic carbocycles. The summed E-state index contributed by atoms with van der Waals surface area (Å²) in [7, 11) is 0. The molecular weight excluding hydrogens is 260 g/mol. The van der Waals surface area contributed by atoms with Crippen molar-refractivity contribution in [1.29, 1.82) is 0 Å². The standard InChI is InChI=1S/C10H13BrN2O2/c1-7(12)2-3-8-4-9(11)6-10(5-8)13(14)15/h4-7H,2-3,12H2,1H3/t7-/m1/s1. The maximum absolute atomic E-state index is 10.6. The van der Waals surface area contributed by atoms with Crippen LogP contribution >= 0.6 is 15.9 Å². The molecule has 0 aromatic heterocycles. The minimum absolute atomic E-state index is 0.114. The van der Waals surface area contributed by atoms with Gasteiger partial charge < -0.3 is 5.73 Å². The molecule has 1 aromatic carbocycles. The van der Waals surface area contributed by atoms with Gasteiger partial charge in [-0.1, -0.05) is 15.9 Å². The number of aryl methyl sites for hydroxylation is 1. The molecule has 4 nitrogen and oxygen atoms in total. The number of hydrogen-bond donors (Lipinski definition) is 1. The summed E-state index contributed by atoms with van der Waals surface area (Å²) in [5, 5.41) is 10.6. The van der Waals surface area contributed by atoms with E-state index in [2.05, 4.69) is 15.9 Å². The minimum atomic E-state index is -0.389. The van der Waals surface area contributed by atoms with E-state index in [4.69, 9.17) is 5.73 Å². The second-order valence-corrected chi connectivity index (χ2v) is 4.51. The number of hydrogen-bond acceptors (Lipinski definition) is 3. The van der Waals surface area contributed by atoms with E-state index in [1.165, 1.54) is 6.07 Å². The molecule has 0 aliphatic rings. The first kappa shape index (κ1) is 12.1. The van der Waals surface area contributed by atoms with E-state index in [1.807, 2.05) is 13.0 Å². The van der Waals surface area contributed by atoms with Gasteiger partial charge in [0.1, 0.15) is 0 Å². The molecule has 0 amide bonds. The summed E-state index contributed by atoms with van der Waals surface area (Å²) < 4.78 is 0.733. The van der Waals surface area contributed by atoms with Crippen LogP contribution in [0.15, 0.2) is 22.7 Å². The molecule has 0 unspecified atom stereocenters. The van der Waals surface area contributed by atoms with Crippen molar-refractivity contribution in [2.45, 2.75) is 25.8 Å². The Morgan fingerprint density at radius 1 is 1.53 bits per heavy atom. The fourth-order valence-electron chi connectivity index (χ4n) is 1.28. The Morgan fingerprint density at radius 3 is 2.73 bits per heavy atom. The number of rotatable bonds is 4. The van der Waals surface area contributed by atoms with Gasteiger partial charge in [-0.3, -0.25) is 10.1 Å². The van der Waals surface area contributed by atoms with Crippen molar-refractivity contribution in [3.05, 3.63) is 38.3 Å². The Labute approximate surface area is 96.8 Å². The second-order valence-electron chi connectivity index (χ2n) is 3.59. The lowest BCUT2D eigenvalue weighted by Crippen LogP contribution is -2.15. The number of benzene rings is 1. The zero-order chi connectivity index (χ0) is 11.4. The molecule has 2 N–H and O–H groups in total. The lowest BCUT2D eigenvalue weighted by Gasteiger charge is -2.05. The predicted molar refractivity (Wildman–Crippen MR) is 62.8 cm³/mol. The molecule has 5 heteroatoms. The Morgan fingerprint density at radius 2 is 2.20 bits per heavy atom. The molecule has 1 rings (SSSR count). The molecule has 0 bridgehead atoms. The van der Waals surface area contributed by atoms with Crippen LogP contribution in [0.2, 0.25) is 0 Å². The Hall–Kier alpha value is -0.940. The smallest absolute Gasteiger partial charge is 0.270 e. The van der Waals surface area contributed by atoms with E-state index < -0.39 is 0 Å². The van der Waals surface area contributed by atoms with E-state index >= 15 is 0 Å². The summed E-state index contributed by atoms with van der Waals surface area (Å²) in [4.78, 5) is 10.2. The van der Waals surface area contributed by atoms with Crippen molar-refractivity contribution in [2.24, 2.45) is 5.73 Å². The van der Waals surface area contributed by atoms with Crippen molar-refractivity contribution < 1.29 is 4.92 Å². The third kappa shape index (κ3) is 3.97. The highest BCUT2D eigenvalue weighted by Crippen LogP contribution is 2.22. The lowest BCUT2D eigenvalue weighted by molar-refractivity contribution is -0.385. The Bertz CT molecular complexity index is 366. The second kappa shape index (κ2) is 5.23. The van der Waals surface area contributed by atoms with Crippen LogP contribution in [-0.4, -0.2) is 11.0 Å². The highest BCUT2D eigenvalue weighted by Gasteiger charge is 2.08. The van der Waals surface area contributed by atoms with Gasteiger partial charge in [0.05, 0.1) is 4.92 Å². The van der Waals surface area contributed by atoms with Gasteiger partial charge in [0.2, 0.25) is 0 Å². The van der Waals surface area contributed by atoms with Crippen LogP contribution in [-0.2, 0) is 6.42 Å². The number of halogens is 1. The third-order valence-electron chi connectivity index (χ3n) is 2.04. The monoisotopic (exact) mass is 272 g/mol. The van der Waals surface area contributed by atoms with Gasteiger partial charge in [0.25, 0.3) is 5.69 Å². The van der Waals surface area contributed by atoms with Gasteiger partial charge in [-0.2, -0.15) is 0 Å². The van der Waals surface area contributed by atoms with Crippen LogP contribution in [0.1, 0.15) is 18.9 Å². The number of nitro groups is 1. The molecule has 0 spiro atoms. The summed E-state index contributed by atoms with van der Waals surface area (Å²) in [5.74, 6) is 0. The number of nitrogens with zero attached hydrogens (tertiary/aromatic N) is 1. The maximum atomic E-state index is 10.6. The van der Waals surface area contributed by atoms with E-state index in [1.54, 1.807) is 6.07 Å². The van der Waals surface area contributed by atoms with E-state index in [0.29, 0.717) is 0 Å². The van der Waals surface area contributed by atoms with Crippen LogP contribution in [0, 0.1) is 10.1 Å². The van der Waals surface area contributed by atoms with Crippen LogP contribution in [0.5, 0.6) is 0 Å². The number of nitrogens with two attached hydrogens (primary N) is 1. The fourth-order valence-corrected chi connectivity index (χ4v) is 1.81. The zero-order valence-electron chi connectivity index (χ0n) is 8.44. The van der Waals surface area contributed by atoms with Gasteiger partial charge in [0, 0.05) is 22.6 Å². The van der Waals surface area contributed by atoms with Crippen molar-refractivity contribution in [2.75, 3.05) is 0 Å². The molecule has 1 atom stereocenters. The van der Waals surface area contributed by atoms with Crippen LogP contribution in [0.25, 0.3) is 0 Å². The fraction of sp³-hybridized carbons (Fsp3) is 0.400. The van der Waals surface area contributed by atoms with Crippen molar-refractivity contribution >= 4 is 21.6 Å². The highest BCUT2D eigenvalue weighted by molar-refractivity contribution is 9.10. The highest BCUT2D eigenvalue weighted by atomic mass is 79.9. The normalized spacial score (nSPS) is 12.5. The average Bonchev–Trinajstić information content (AvgIpc) is 2.13. The van der Waals surface area contributed by atoms with Crippen LogP contribution in [0.3, 0.4) is 0 Å². The van der Waals surface area contributed by atoms with E-state index in [0.717, 1.165) is 22.9 Å². The molecule has 0 radical (unpaired) electrons. The quantitative estimate of drug-likeness (QED) is 0.677. The lowest BCUT2D eigenvalue weighted by atomic mass is 10.1. The van der Waals surface area contributed by atoms with Crippen molar-refractivity contribution in [3.8, 4) is 0 Å². The van der Waals surface area contributed by atoms with Gasteiger partial charge in [0.15, 0.2) is 0 Å². The molecule has 82 valence electrons. The summed E-state index contributed by atoms with van der Waals surface area (Å²) in [6.45, 7) is 1.92. The first-order valence-electron chi connectivity index (χ1n) is 4.68. The van der Waals surface area contributed by atoms with Crippen LogP contribution < -0.4 is 5.73 Å². The molecule has 0 saturated heterocycles. The average molecular weight is 273 g/mol. The molecular formula is C10H13BrN2O2.